The fourth-order valence-electron chi connectivity index (χ4n) is 6.12. The molecule has 0 radical (unpaired) electrons. The van der Waals surface area contributed by atoms with E-state index in [1.807, 2.05) is 12.4 Å². The summed E-state index contributed by atoms with van der Waals surface area (Å²) in [6.07, 6.45) is 9.72. The zero-order valence-electron chi connectivity index (χ0n) is 19.8. The van der Waals surface area contributed by atoms with Crippen molar-refractivity contribution < 1.29 is 0 Å². The smallest absolute Gasteiger partial charge is 0.225 e. The number of nitrogens with one attached hydrogen (secondary N) is 1. The molecule has 2 aromatic rings. The summed E-state index contributed by atoms with van der Waals surface area (Å²) >= 11 is 2.07. The van der Waals surface area contributed by atoms with Gasteiger partial charge in [-0.15, -0.1) is 0 Å². The third-order valence-corrected chi connectivity index (χ3v) is 10.00. The molecule has 1 N–H and O–H groups in total. The lowest BCUT2D eigenvalue weighted by molar-refractivity contribution is 0.179. The van der Waals surface area contributed by atoms with Gasteiger partial charge in [0.2, 0.25) is 5.95 Å². The number of rotatable bonds is 6. The molecule has 6 heteroatoms. The van der Waals surface area contributed by atoms with Gasteiger partial charge in [-0.25, -0.2) is 9.97 Å². The van der Waals surface area contributed by atoms with E-state index < -0.39 is 0 Å². The Hall–Kier alpha value is -2.05. The highest BCUT2D eigenvalue weighted by atomic mass is 32.2. The molecule has 0 amide bonds. The summed E-state index contributed by atoms with van der Waals surface area (Å²) in [7, 11) is 0. The lowest BCUT2D eigenvalue weighted by Gasteiger charge is -2.55. The number of hydrogen-bond acceptors (Lipinski definition) is 6. The monoisotopic (exact) mass is 461 g/mol. The lowest BCUT2D eigenvalue weighted by Crippen LogP contribution is -2.63. The number of aromatic nitrogens is 2. The van der Waals surface area contributed by atoms with Gasteiger partial charge in [0.05, 0.1) is 0 Å². The molecule has 174 valence electrons. The third-order valence-electron chi connectivity index (χ3n) is 8.36. The molecule has 0 unspecified atom stereocenters. The predicted octanol–water partition coefficient (Wildman–Crippen LogP) is 4.50. The highest BCUT2D eigenvalue weighted by Gasteiger charge is 2.49. The zero-order valence-corrected chi connectivity index (χ0v) is 20.6. The fourth-order valence-corrected chi connectivity index (χ4v) is 7.26. The number of benzene rings is 1. The third kappa shape index (κ3) is 3.75. The van der Waals surface area contributed by atoms with Crippen LogP contribution < -0.4 is 10.2 Å². The van der Waals surface area contributed by atoms with Gasteiger partial charge in [0.15, 0.2) is 0 Å². The van der Waals surface area contributed by atoms with Gasteiger partial charge in [-0.1, -0.05) is 25.6 Å². The first-order valence-electron chi connectivity index (χ1n) is 12.6. The summed E-state index contributed by atoms with van der Waals surface area (Å²) in [5, 5.41) is 3.59. The first-order chi connectivity index (χ1) is 16.1. The molecule has 33 heavy (non-hydrogen) atoms. The minimum absolute atomic E-state index is 0.119. The number of anilines is 2. The first kappa shape index (κ1) is 21.5. The SMILES string of the molecule is C=C1Nc2ccc(CC)cc2C12CCN(CCCc1cnc(N3CC4(CSC4)C3)nc1)CC2. The van der Waals surface area contributed by atoms with E-state index in [9.17, 15) is 0 Å². The van der Waals surface area contributed by atoms with E-state index in [0.717, 1.165) is 70.8 Å². The first-order valence-corrected chi connectivity index (χ1v) is 13.7. The van der Waals surface area contributed by atoms with Crippen LogP contribution in [0.25, 0.3) is 0 Å². The van der Waals surface area contributed by atoms with Crippen molar-refractivity contribution in [3.63, 3.8) is 0 Å². The summed E-state index contributed by atoms with van der Waals surface area (Å²) < 4.78 is 0. The number of nitrogens with zero attached hydrogens (tertiary/aromatic N) is 4. The molecule has 3 saturated heterocycles. The second-order valence-corrected chi connectivity index (χ2v) is 11.6. The molecule has 4 aliphatic rings. The van der Waals surface area contributed by atoms with Crippen molar-refractivity contribution in [3.8, 4) is 0 Å². The van der Waals surface area contributed by atoms with Gasteiger partial charge < -0.3 is 15.1 Å². The van der Waals surface area contributed by atoms with Gasteiger partial charge in [-0.05, 0) is 74.5 Å². The van der Waals surface area contributed by atoms with Crippen molar-refractivity contribution in [2.75, 3.05) is 54.4 Å². The Labute approximate surface area is 202 Å². The topological polar surface area (TPSA) is 44.3 Å². The van der Waals surface area contributed by atoms with Crippen molar-refractivity contribution in [3.05, 3.63) is 59.6 Å². The van der Waals surface area contributed by atoms with Crippen LogP contribution in [0.3, 0.4) is 0 Å². The number of thioether (sulfide) groups is 1. The molecule has 0 aliphatic carbocycles. The molecule has 5 heterocycles. The Morgan fingerprint density at radius 3 is 2.52 bits per heavy atom. The molecule has 0 atom stereocenters. The van der Waals surface area contributed by atoms with E-state index in [4.69, 9.17) is 0 Å². The van der Waals surface area contributed by atoms with Crippen molar-refractivity contribution >= 4 is 23.4 Å². The van der Waals surface area contributed by atoms with Crippen molar-refractivity contribution in [2.45, 2.75) is 44.4 Å². The second kappa shape index (κ2) is 8.31. The van der Waals surface area contributed by atoms with Crippen LogP contribution in [0.4, 0.5) is 11.6 Å². The van der Waals surface area contributed by atoms with Crippen LogP contribution in [0, 0.1) is 5.41 Å². The van der Waals surface area contributed by atoms with Crippen molar-refractivity contribution in [1.29, 1.82) is 0 Å². The van der Waals surface area contributed by atoms with Crippen molar-refractivity contribution in [1.82, 2.24) is 14.9 Å². The molecular formula is C27H35N5S. The van der Waals surface area contributed by atoms with E-state index in [2.05, 4.69) is 68.5 Å². The van der Waals surface area contributed by atoms with Crippen LogP contribution in [-0.2, 0) is 18.3 Å². The van der Waals surface area contributed by atoms with E-state index in [0.29, 0.717) is 5.41 Å². The number of aryl methyl sites for hydroxylation is 2. The van der Waals surface area contributed by atoms with Crippen molar-refractivity contribution in [2.24, 2.45) is 5.41 Å². The maximum Gasteiger partial charge on any atom is 0.225 e. The maximum atomic E-state index is 4.66. The quantitative estimate of drug-likeness (QED) is 0.683. The molecule has 4 aliphatic heterocycles. The Bertz CT molecular complexity index is 1030. The number of hydrogen-bond donors (Lipinski definition) is 1. The predicted molar refractivity (Wildman–Crippen MR) is 138 cm³/mol. The van der Waals surface area contributed by atoms with E-state index in [1.165, 1.54) is 39.6 Å². The molecule has 0 bridgehead atoms. The average molecular weight is 462 g/mol. The molecule has 2 spiro atoms. The van der Waals surface area contributed by atoms with Gasteiger partial charge in [0.25, 0.3) is 0 Å². The van der Waals surface area contributed by atoms with Crippen LogP contribution >= 0.6 is 11.8 Å². The molecular weight excluding hydrogens is 426 g/mol. The normalized spacial score (nSPS) is 22.7. The van der Waals surface area contributed by atoms with Crippen LogP contribution in [0.5, 0.6) is 0 Å². The summed E-state index contributed by atoms with van der Waals surface area (Å²) in [5.74, 6) is 3.55. The Morgan fingerprint density at radius 1 is 1.09 bits per heavy atom. The largest absolute Gasteiger partial charge is 0.358 e. The molecule has 5 nitrogen and oxygen atoms in total. The Kier molecular flexibility index (Phi) is 5.41. The Balaban J connectivity index is 0.994. The number of allylic oxidation sites excluding steroid dienone is 1. The summed E-state index contributed by atoms with van der Waals surface area (Å²) in [6, 6.07) is 6.92. The fraction of sp³-hybridized carbons (Fsp3) is 0.556. The van der Waals surface area contributed by atoms with Gasteiger partial charge in [0.1, 0.15) is 0 Å². The van der Waals surface area contributed by atoms with E-state index in [1.54, 1.807) is 0 Å². The summed E-state index contributed by atoms with van der Waals surface area (Å²) in [5.41, 5.74) is 7.34. The lowest BCUT2D eigenvalue weighted by atomic mass is 9.72. The van der Waals surface area contributed by atoms with Crippen LogP contribution in [0.1, 0.15) is 42.9 Å². The highest BCUT2D eigenvalue weighted by molar-refractivity contribution is 8.00. The van der Waals surface area contributed by atoms with Gasteiger partial charge in [-0.3, -0.25) is 0 Å². The molecule has 1 aromatic heterocycles. The molecule has 0 saturated carbocycles. The number of likely N-dealkylation sites (tertiary alicyclic amines) is 1. The molecule has 1 aromatic carbocycles. The maximum absolute atomic E-state index is 4.66. The van der Waals surface area contributed by atoms with E-state index >= 15 is 0 Å². The van der Waals surface area contributed by atoms with Gasteiger partial charge in [-0.2, -0.15) is 11.8 Å². The number of piperidine rings is 1. The Morgan fingerprint density at radius 2 is 1.85 bits per heavy atom. The summed E-state index contributed by atoms with van der Waals surface area (Å²) in [6.45, 7) is 12.4. The highest BCUT2D eigenvalue weighted by Crippen LogP contribution is 2.50. The van der Waals surface area contributed by atoms with E-state index in [-0.39, 0.29) is 5.41 Å². The van der Waals surface area contributed by atoms with Crippen LogP contribution in [0.15, 0.2) is 42.9 Å². The van der Waals surface area contributed by atoms with Crippen LogP contribution in [0.2, 0.25) is 0 Å². The molecule has 6 rings (SSSR count). The van der Waals surface area contributed by atoms with Crippen LogP contribution in [-0.4, -0.2) is 59.1 Å². The second-order valence-electron chi connectivity index (χ2n) is 10.6. The van der Waals surface area contributed by atoms with Gasteiger partial charge >= 0.3 is 0 Å². The van der Waals surface area contributed by atoms with Gasteiger partial charge in [0, 0.05) is 59.2 Å². The minimum Gasteiger partial charge on any atom is -0.358 e. The minimum atomic E-state index is 0.119. The molecule has 3 fully saturated rings. The number of fused-ring (bicyclic) bond motifs is 2. The zero-order chi connectivity index (χ0) is 22.5. The summed E-state index contributed by atoms with van der Waals surface area (Å²) in [4.78, 5) is 14.3. The standard InChI is InChI=1S/C27H35N5S/c1-3-21-6-7-24-23(13-21)27(20(2)30-24)8-11-31(12-9-27)10-4-5-22-14-28-25(29-15-22)32-16-26(17-32)18-33-19-26/h6-7,13-15,30H,2-5,8-12,16-19H2,1H3. The average Bonchev–Trinajstić information content (AvgIpc) is 3.04.